The lowest BCUT2D eigenvalue weighted by atomic mass is 9.97. The van der Waals surface area contributed by atoms with Gasteiger partial charge in [-0.15, -0.1) is 10.2 Å². The van der Waals surface area contributed by atoms with Crippen LogP contribution in [0.5, 0.6) is 11.5 Å². The summed E-state index contributed by atoms with van der Waals surface area (Å²) < 4.78 is 16.2. The molecule has 0 radical (unpaired) electrons. The van der Waals surface area contributed by atoms with E-state index in [1.54, 1.807) is 24.3 Å². The zero-order chi connectivity index (χ0) is 20.0. The maximum Gasteiger partial charge on any atom is 0.301 e. The van der Waals surface area contributed by atoms with Crippen LogP contribution in [-0.4, -0.2) is 40.2 Å². The highest BCUT2D eigenvalue weighted by Crippen LogP contribution is 2.43. The molecule has 1 saturated heterocycles. The van der Waals surface area contributed by atoms with Gasteiger partial charge in [-0.3, -0.25) is 14.5 Å². The molecular formula is C19H13N3O6S. The van der Waals surface area contributed by atoms with Crippen molar-refractivity contribution in [3.8, 4) is 11.5 Å². The largest absolute Gasteiger partial charge is 0.507 e. The first kappa shape index (κ1) is 17.4. The molecule has 10 heteroatoms. The average molecular weight is 411 g/mol. The lowest BCUT2D eigenvalue weighted by Gasteiger charge is -2.21. The maximum atomic E-state index is 12.9. The van der Waals surface area contributed by atoms with Crippen molar-refractivity contribution in [1.29, 1.82) is 0 Å². The van der Waals surface area contributed by atoms with E-state index in [9.17, 15) is 14.7 Å². The molecule has 1 N–H and O–H groups in total. The second-order valence-electron chi connectivity index (χ2n) is 6.31. The summed E-state index contributed by atoms with van der Waals surface area (Å²) >= 11 is 1.11. The van der Waals surface area contributed by atoms with Crippen LogP contribution < -0.4 is 14.4 Å². The lowest BCUT2D eigenvalue weighted by Crippen LogP contribution is -2.29. The maximum absolute atomic E-state index is 12.9. The number of ketones is 1. The molecule has 0 aliphatic carbocycles. The molecule has 0 spiro atoms. The number of hydrogen-bond acceptors (Lipinski definition) is 9. The Morgan fingerprint density at radius 1 is 1.17 bits per heavy atom. The number of carbonyl (C=O) groups excluding carboxylic acids is 2. The number of carbonyl (C=O) groups is 2. The minimum absolute atomic E-state index is 0.0664. The Morgan fingerprint density at radius 3 is 2.72 bits per heavy atom. The van der Waals surface area contributed by atoms with E-state index in [2.05, 4.69) is 10.2 Å². The van der Waals surface area contributed by atoms with Crippen LogP contribution in [0.25, 0.3) is 5.76 Å². The summed E-state index contributed by atoms with van der Waals surface area (Å²) in [5, 5.41) is 18.9. The number of hydrogen-bond donors (Lipinski definition) is 1. The van der Waals surface area contributed by atoms with E-state index >= 15 is 0 Å². The molecule has 1 aromatic carbocycles. The Balaban J connectivity index is 1.67. The highest BCUT2D eigenvalue weighted by atomic mass is 32.1. The van der Waals surface area contributed by atoms with Gasteiger partial charge in [0.05, 0.1) is 18.1 Å². The van der Waals surface area contributed by atoms with Crippen molar-refractivity contribution in [2.75, 3.05) is 18.1 Å². The molecule has 1 amide bonds. The van der Waals surface area contributed by atoms with E-state index in [1.165, 1.54) is 22.9 Å². The Bertz CT molecular complexity index is 1120. The molecule has 9 nitrogen and oxygen atoms in total. The Hall–Kier alpha value is -3.66. The van der Waals surface area contributed by atoms with E-state index in [4.69, 9.17) is 13.9 Å². The zero-order valence-electron chi connectivity index (χ0n) is 14.8. The van der Waals surface area contributed by atoms with Crippen LogP contribution in [0, 0.1) is 0 Å². The second-order valence-corrected chi connectivity index (χ2v) is 7.12. The van der Waals surface area contributed by atoms with Gasteiger partial charge in [-0.25, -0.2) is 0 Å². The van der Waals surface area contributed by atoms with Crippen molar-refractivity contribution in [3.05, 3.63) is 59.0 Å². The SMILES string of the molecule is O=C1C(=O)N(c2nncs2)C(c2ccoc2)/C1=C(\O)c1ccc2c(c1)OCCO2. The summed E-state index contributed by atoms with van der Waals surface area (Å²) in [7, 11) is 0. The standard InChI is InChI=1S/C19H13N3O6S/c23-16(10-1-2-12-13(7-10)28-6-5-27-12)14-15(11-3-4-26-8-11)22(18(25)17(14)24)19-21-20-9-29-19/h1-4,7-9,15,23H,5-6H2/b16-14+. The van der Waals surface area contributed by atoms with Gasteiger partial charge in [0.1, 0.15) is 30.5 Å². The fourth-order valence-corrected chi connectivity index (χ4v) is 3.98. The van der Waals surface area contributed by atoms with Crippen molar-refractivity contribution >= 4 is 33.9 Å². The van der Waals surface area contributed by atoms with Crippen LogP contribution in [0.4, 0.5) is 5.13 Å². The Kier molecular flexibility index (Phi) is 4.06. The van der Waals surface area contributed by atoms with Crippen LogP contribution in [0.2, 0.25) is 0 Å². The van der Waals surface area contributed by atoms with Crippen LogP contribution in [-0.2, 0) is 9.59 Å². The van der Waals surface area contributed by atoms with Gasteiger partial charge < -0.3 is 19.0 Å². The number of aliphatic hydroxyl groups excluding tert-OH is 1. The van der Waals surface area contributed by atoms with E-state index in [0.29, 0.717) is 35.8 Å². The zero-order valence-corrected chi connectivity index (χ0v) is 15.6. The predicted molar refractivity (Wildman–Crippen MR) is 101 cm³/mol. The number of nitrogens with zero attached hydrogens (tertiary/aromatic N) is 3. The molecule has 0 saturated carbocycles. The highest BCUT2D eigenvalue weighted by molar-refractivity contribution is 7.13. The first-order chi connectivity index (χ1) is 14.1. The van der Waals surface area contributed by atoms with E-state index in [1.807, 2.05) is 0 Å². The number of rotatable bonds is 3. The fraction of sp³-hybridized carbons (Fsp3) is 0.158. The third-order valence-corrected chi connectivity index (χ3v) is 5.36. The van der Waals surface area contributed by atoms with Gasteiger partial charge in [0.15, 0.2) is 11.5 Å². The van der Waals surface area contributed by atoms with Crippen LogP contribution >= 0.6 is 11.3 Å². The number of furan rings is 1. The summed E-state index contributed by atoms with van der Waals surface area (Å²) in [6.45, 7) is 0.819. The van der Waals surface area contributed by atoms with Gasteiger partial charge in [0, 0.05) is 11.1 Å². The number of fused-ring (bicyclic) bond motifs is 1. The third kappa shape index (κ3) is 2.76. The Morgan fingerprint density at radius 2 is 2.00 bits per heavy atom. The first-order valence-corrected chi connectivity index (χ1v) is 9.52. The molecule has 29 heavy (non-hydrogen) atoms. The molecule has 2 aromatic heterocycles. The fourth-order valence-electron chi connectivity index (χ4n) is 3.39. The summed E-state index contributed by atoms with van der Waals surface area (Å²) in [5.41, 5.74) is 2.25. The molecule has 0 bridgehead atoms. The molecule has 1 fully saturated rings. The van der Waals surface area contributed by atoms with E-state index < -0.39 is 17.7 Å². The normalized spacial score (nSPS) is 20.3. The number of ether oxygens (including phenoxy) is 2. The monoisotopic (exact) mass is 411 g/mol. The van der Waals surface area contributed by atoms with Gasteiger partial charge in [-0.05, 0) is 24.3 Å². The molecular weight excluding hydrogens is 398 g/mol. The number of Topliss-reactive ketones (excluding diaryl/α,β-unsaturated/α-hetero) is 1. The number of aromatic nitrogens is 2. The van der Waals surface area contributed by atoms with Crippen LogP contribution in [0.15, 0.2) is 52.3 Å². The minimum atomic E-state index is -0.894. The smallest absolute Gasteiger partial charge is 0.301 e. The molecule has 146 valence electrons. The average Bonchev–Trinajstić information content (AvgIpc) is 3.49. The number of aliphatic hydroxyl groups is 1. The first-order valence-electron chi connectivity index (χ1n) is 8.64. The summed E-state index contributed by atoms with van der Waals surface area (Å²) in [6, 6.07) is 5.57. The summed E-state index contributed by atoms with van der Waals surface area (Å²) in [4.78, 5) is 26.9. The number of anilines is 1. The lowest BCUT2D eigenvalue weighted by molar-refractivity contribution is -0.132. The molecule has 2 aliphatic heterocycles. The molecule has 5 rings (SSSR count). The van der Waals surface area contributed by atoms with Gasteiger partial charge in [0.25, 0.3) is 5.78 Å². The summed E-state index contributed by atoms with van der Waals surface area (Å²) in [5.74, 6) is -0.934. The van der Waals surface area contributed by atoms with E-state index in [0.717, 1.165) is 11.3 Å². The van der Waals surface area contributed by atoms with Crippen molar-refractivity contribution in [2.45, 2.75) is 6.04 Å². The van der Waals surface area contributed by atoms with Crippen molar-refractivity contribution in [3.63, 3.8) is 0 Å². The molecule has 3 aromatic rings. The van der Waals surface area contributed by atoms with Crippen LogP contribution in [0.3, 0.4) is 0 Å². The molecule has 1 unspecified atom stereocenters. The predicted octanol–water partition coefficient (Wildman–Crippen LogP) is 2.53. The molecule has 4 heterocycles. The van der Waals surface area contributed by atoms with Gasteiger partial charge in [-0.1, -0.05) is 11.3 Å². The number of benzene rings is 1. The second kappa shape index (κ2) is 6.74. The van der Waals surface area contributed by atoms with Gasteiger partial charge >= 0.3 is 5.91 Å². The van der Waals surface area contributed by atoms with Crippen molar-refractivity contribution < 1.29 is 28.6 Å². The number of amides is 1. The van der Waals surface area contributed by atoms with E-state index in [-0.39, 0.29) is 16.5 Å². The van der Waals surface area contributed by atoms with Crippen LogP contribution in [0.1, 0.15) is 17.2 Å². The highest BCUT2D eigenvalue weighted by Gasteiger charge is 2.48. The van der Waals surface area contributed by atoms with Crippen molar-refractivity contribution in [2.24, 2.45) is 0 Å². The van der Waals surface area contributed by atoms with Crippen molar-refractivity contribution in [1.82, 2.24) is 10.2 Å². The topological polar surface area (TPSA) is 115 Å². The van der Waals surface area contributed by atoms with Gasteiger partial charge in [0.2, 0.25) is 5.13 Å². The summed E-state index contributed by atoms with van der Waals surface area (Å²) in [6.07, 6.45) is 2.85. The third-order valence-electron chi connectivity index (χ3n) is 4.67. The molecule has 2 aliphatic rings. The quantitative estimate of drug-likeness (QED) is 0.397. The molecule has 1 atom stereocenters. The minimum Gasteiger partial charge on any atom is -0.507 e. The van der Waals surface area contributed by atoms with Gasteiger partial charge in [-0.2, -0.15) is 0 Å². The Labute approximate surface area is 167 Å².